The quantitative estimate of drug-likeness (QED) is 0.362. The van der Waals surface area contributed by atoms with E-state index in [-0.39, 0.29) is 20.5 Å². The van der Waals surface area contributed by atoms with Crippen molar-refractivity contribution >= 4 is 50.4 Å². The Hall–Kier alpha value is -2.18. The van der Waals surface area contributed by atoms with Crippen molar-refractivity contribution in [3.63, 3.8) is 0 Å². The van der Waals surface area contributed by atoms with Crippen LogP contribution < -0.4 is 5.32 Å². The third-order valence-electron chi connectivity index (χ3n) is 6.34. The third kappa shape index (κ3) is 4.80. The molecule has 2 aromatic carbocycles. The number of sulfonamides is 1. The second-order valence-electron chi connectivity index (χ2n) is 9.02. The first-order chi connectivity index (χ1) is 16.0. The Morgan fingerprint density at radius 2 is 1.71 bits per heavy atom. The molecule has 4 rings (SSSR count). The summed E-state index contributed by atoms with van der Waals surface area (Å²) in [5, 5.41) is 12.4. The normalized spacial score (nSPS) is 24.7. The van der Waals surface area contributed by atoms with E-state index >= 15 is 0 Å². The van der Waals surface area contributed by atoms with E-state index in [1.54, 1.807) is 38.1 Å². The van der Waals surface area contributed by atoms with Crippen LogP contribution in [0.2, 0.25) is 0 Å². The van der Waals surface area contributed by atoms with Crippen LogP contribution in [0, 0.1) is 0 Å². The second kappa shape index (κ2) is 9.46. The average molecular weight is 598 g/mol. The zero-order valence-electron chi connectivity index (χ0n) is 18.9. The van der Waals surface area contributed by atoms with Crippen LogP contribution in [0.4, 0.5) is 10.5 Å². The van der Waals surface area contributed by atoms with Gasteiger partial charge in [-0.05, 0) is 68.5 Å². The molecular weight excluding hydrogens is 571 g/mol. The second-order valence-corrected chi connectivity index (χ2v) is 13.0. The van der Waals surface area contributed by atoms with Gasteiger partial charge in [-0.25, -0.2) is 13.2 Å². The number of amides is 1. The van der Waals surface area contributed by atoms with E-state index in [0.717, 1.165) is 24.0 Å². The van der Waals surface area contributed by atoms with Crippen molar-refractivity contribution in [1.29, 1.82) is 0 Å². The molecule has 0 bridgehead atoms. The number of anilines is 1. The molecule has 2 aromatic rings. The van der Waals surface area contributed by atoms with Gasteiger partial charge in [0.15, 0.2) is 0 Å². The van der Waals surface area contributed by atoms with E-state index in [1.165, 1.54) is 16.4 Å². The van der Waals surface area contributed by atoms with Gasteiger partial charge in [0.25, 0.3) is 0 Å². The molecule has 2 aliphatic rings. The minimum absolute atomic E-state index is 0.0877. The molecule has 0 unspecified atom stereocenters. The highest BCUT2D eigenvalue weighted by atomic mass is 127. The predicted molar refractivity (Wildman–Crippen MR) is 137 cm³/mol. The molecule has 1 heterocycles. The van der Waals surface area contributed by atoms with Gasteiger partial charge < -0.3 is 9.84 Å². The lowest BCUT2D eigenvalue weighted by atomic mass is 10.0. The predicted octanol–water partition coefficient (Wildman–Crippen LogP) is 4.88. The minimum atomic E-state index is -3.97. The third-order valence-corrected chi connectivity index (χ3v) is 9.97. The number of hydrogen-bond acceptors (Lipinski definition) is 5. The number of nitrogens with one attached hydrogen (secondary N) is 1. The topological polar surface area (TPSA) is 113 Å². The number of aliphatic carboxylic acids is 1. The van der Waals surface area contributed by atoms with E-state index in [2.05, 4.69) is 27.9 Å². The van der Waals surface area contributed by atoms with Crippen molar-refractivity contribution in [2.75, 3.05) is 5.32 Å². The lowest BCUT2D eigenvalue weighted by Gasteiger charge is -2.28. The molecule has 0 aromatic heterocycles. The minimum Gasteiger partial charge on any atom is -0.480 e. The highest BCUT2D eigenvalue weighted by Gasteiger charge is 2.59. The number of nitrogens with zero attached hydrogens (tertiary/aromatic N) is 1. The Morgan fingerprint density at radius 3 is 2.26 bits per heavy atom. The molecule has 1 aliphatic heterocycles. The van der Waals surface area contributed by atoms with Gasteiger partial charge in [0.2, 0.25) is 10.0 Å². The zero-order valence-corrected chi connectivity index (χ0v) is 21.9. The van der Waals surface area contributed by atoms with Crippen LogP contribution in [0.5, 0.6) is 0 Å². The van der Waals surface area contributed by atoms with Gasteiger partial charge >= 0.3 is 12.1 Å². The molecular formula is C24H27IN2O6S. The van der Waals surface area contributed by atoms with Crippen LogP contribution in [0.15, 0.2) is 53.4 Å². The monoisotopic (exact) mass is 598 g/mol. The number of alkyl halides is 1. The molecule has 1 saturated heterocycles. The van der Waals surface area contributed by atoms with Crippen molar-refractivity contribution in [3.05, 3.63) is 48.5 Å². The summed E-state index contributed by atoms with van der Waals surface area (Å²) in [4.78, 5) is 23.7. The molecule has 2 N–H and O–H groups in total. The molecule has 0 radical (unpaired) electrons. The summed E-state index contributed by atoms with van der Waals surface area (Å²) < 4.78 is 33.0. The van der Waals surface area contributed by atoms with Gasteiger partial charge in [-0.15, -0.1) is 0 Å². The van der Waals surface area contributed by atoms with Crippen molar-refractivity contribution in [2.24, 2.45) is 0 Å². The largest absolute Gasteiger partial charge is 0.480 e. The summed E-state index contributed by atoms with van der Waals surface area (Å²) in [6.07, 6.45) is 1.97. The lowest BCUT2D eigenvalue weighted by Crippen LogP contribution is -2.45. The lowest BCUT2D eigenvalue weighted by molar-refractivity contribution is -0.141. The average Bonchev–Trinajstić information content (AvgIpc) is 3.27. The number of carbonyl (C=O) groups is 2. The smallest absolute Gasteiger partial charge is 0.411 e. The maximum Gasteiger partial charge on any atom is 0.411 e. The van der Waals surface area contributed by atoms with E-state index in [1.807, 2.05) is 12.1 Å². The Labute approximate surface area is 212 Å². The molecule has 0 spiro atoms. The van der Waals surface area contributed by atoms with E-state index < -0.39 is 28.1 Å². The number of carboxylic acid groups (broad SMARTS) is 1. The summed E-state index contributed by atoms with van der Waals surface area (Å²) in [6, 6.07) is 12.2. The number of rotatable bonds is 6. The molecule has 10 heteroatoms. The molecule has 1 saturated carbocycles. The summed E-state index contributed by atoms with van der Waals surface area (Å²) in [7, 11) is -3.97. The van der Waals surface area contributed by atoms with E-state index in [9.17, 15) is 23.1 Å². The van der Waals surface area contributed by atoms with Crippen molar-refractivity contribution in [2.45, 2.75) is 66.0 Å². The van der Waals surface area contributed by atoms with Crippen molar-refractivity contribution in [1.82, 2.24) is 4.31 Å². The van der Waals surface area contributed by atoms with Crippen LogP contribution in [0.3, 0.4) is 0 Å². The van der Waals surface area contributed by atoms with E-state index in [4.69, 9.17) is 4.74 Å². The van der Waals surface area contributed by atoms with Gasteiger partial charge in [0.05, 0.1) is 11.0 Å². The number of benzene rings is 2. The number of ether oxygens (including phenoxy) is 1. The van der Waals surface area contributed by atoms with Crippen LogP contribution >= 0.6 is 22.6 Å². The standard InChI is InChI=1S/C24H27IN2O6S/c1-15(2)33-23(30)26-18-9-5-16(6-10-18)17-7-11-19(12-8-17)34(31,32)27-20(22(28)29)14-24(25)13-3-4-21(24)27/h5-12,15,20-21H,3-4,13-14H2,1-2H3,(H,26,30)(H,28,29)/t20-,21-,24+/m1/s1. The first-order valence-corrected chi connectivity index (χ1v) is 13.7. The summed E-state index contributed by atoms with van der Waals surface area (Å²) in [5.74, 6) is -1.10. The molecule has 1 amide bonds. The van der Waals surface area contributed by atoms with Crippen LogP contribution in [-0.4, -0.2) is 51.5 Å². The Morgan fingerprint density at radius 1 is 1.12 bits per heavy atom. The summed E-state index contributed by atoms with van der Waals surface area (Å²) in [5.41, 5.74) is 2.23. The number of halogens is 1. The van der Waals surface area contributed by atoms with Crippen molar-refractivity contribution < 1.29 is 27.9 Å². The summed E-state index contributed by atoms with van der Waals surface area (Å²) >= 11 is 2.27. The maximum atomic E-state index is 13.5. The molecule has 1 aliphatic carbocycles. The number of carbonyl (C=O) groups excluding carboxylic acids is 1. The Balaban J connectivity index is 1.54. The number of carboxylic acids is 1. The fourth-order valence-electron chi connectivity index (χ4n) is 4.82. The first-order valence-electron chi connectivity index (χ1n) is 11.1. The van der Waals surface area contributed by atoms with Gasteiger partial charge in [0.1, 0.15) is 6.04 Å². The fourth-order valence-corrected chi connectivity index (χ4v) is 8.28. The number of fused-ring (bicyclic) bond motifs is 1. The first kappa shape index (κ1) is 24.9. The van der Waals surface area contributed by atoms with Crippen LogP contribution in [-0.2, 0) is 19.6 Å². The molecule has 3 atom stereocenters. The molecule has 2 fully saturated rings. The molecule has 34 heavy (non-hydrogen) atoms. The number of hydrogen-bond donors (Lipinski definition) is 2. The SMILES string of the molecule is CC(C)OC(=O)Nc1ccc(-c2ccc(S(=O)(=O)N3[C@@H](C(=O)O)C[C@@]4(I)CCC[C@@H]34)cc2)cc1. The highest BCUT2D eigenvalue weighted by Crippen LogP contribution is 2.52. The van der Waals surface area contributed by atoms with Crippen molar-refractivity contribution in [3.8, 4) is 11.1 Å². The summed E-state index contributed by atoms with van der Waals surface area (Å²) in [6.45, 7) is 3.54. The highest BCUT2D eigenvalue weighted by molar-refractivity contribution is 14.1. The van der Waals surface area contributed by atoms with Gasteiger partial charge in [0, 0.05) is 15.2 Å². The van der Waals surface area contributed by atoms with Gasteiger partial charge in [-0.2, -0.15) is 4.31 Å². The van der Waals surface area contributed by atoms with Gasteiger partial charge in [-0.3, -0.25) is 10.1 Å². The zero-order chi connectivity index (χ0) is 24.7. The Kier molecular flexibility index (Phi) is 6.94. The van der Waals surface area contributed by atoms with Crippen LogP contribution in [0.1, 0.15) is 39.5 Å². The van der Waals surface area contributed by atoms with Crippen LogP contribution in [0.25, 0.3) is 11.1 Å². The Bertz CT molecular complexity index is 1180. The van der Waals surface area contributed by atoms with Gasteiger partial charge in [-0.1, -0.05) is 53.3 Å². The fraction of sp³-hybridized carbons (Fsp3) is 0.417. The maximum absolute atomic E-state index is 13.5. The molecule has 8 nitrogen and oxygen atoms in total. The molecule has 182 valence electrons. The van der Waals surface area contributed by atoms with E-state index in [0.29, 0.717) is 18.5 Å².